The van der Waals surface area contributed by atoms with Gasteiger partial charge in [-0.25, -0.2) is 9.38 Å². The second kappa shape index (κ2) is 4.99. The first-order valence-electron chi connectivity index (χ1n) is 4.49. The predicted octanol–water partition coefficient (Wildman–Crippen LogP) is 2.65. The Bertz CT molecular complexity index is 509. The maximum absolute atomic E-state index is 13.2. The van der Waals surface area contributed by atoms with E-state index in [1.807, 2.05) is 0 Å². The summed E-state index contributed by atoms with van der Waals surface area (Å²) in [5.74, 6) is -0.397. The maximum Gasteiger partial charge on any atom is 0.145 e. The van der Waals surface area contributed by atoms with Crippen LogP contribution in [-0.2, 0) is 0 Å². The van der Waals surface area contributed by atoms with Gasteiger partial charge in [0.1, 0.15) is 17.6 Å². The molecule has 0 spiro atoms. The fraction of sp³-hybridized carbons (Fsp3) is 0.0833. The summed E-state index contributed by atoms with van der Waals surface area (Å²) in [6, 6.07) is 3.09. The van der Waals surface area contributed by atoms with Crippen LogP contribution in [0.25, 0.3) is 5.57 Å². The summed E-state index contributed by atoms with van der Waals surface area (Å²) in [5.41, 5.74) is 1.40. The molecule has 80 valence electrons. The van der Waals surface area contributed by atoms with Gasteiger partial charge in [0, 0.05) is 18.0 Å². The molecule has 0 aliphatic carbocycles. The van der Waals surface area contributed by atoms with E-state index in [1.54, 1.807) is 13.0 Å². The number of aryl methyl sites for hydroxylation is 1. The standard InChI is InChI=1S/C12H10FN3/c1-8(6-15-9(2)5-14)11-4-12(13)10(3)16-7-11/h4,6-7H,1-2H2,3H3/b15-6+. The van der Waals surface area contributed by atoms with Gasteiger partial charge in [-0.1, -0.05) is 13.2 Å². The molecule has 0 unspecified atom stereocenters. The van der Waals surface area contributed by atoms with Crippen LogP contribution in [0.1, 0.15) is 11.3 Å². The SMILES string of the molecule is C=C(C#N)/N=C/C(=C)c1cnc(C)c(F)c1. The van der Waals surface area contributed by atoms with Crippen molar-refractivity contribution in [3.05, 3.63) is 48.2 Å². The van der Waals surface area contributed by atoms with Crippen LogP contribution in [0.15, 0.2) is 36.1 Å². The van der Waals surface area contributed by atoms with E-state index < -0.39 is 5.82 Å². The monoisotopic (exact) mass is 215 g/mol. The summed E-state index contributed by atoms with van der Waals surface area (Å²) < 4.78 is 13.2. The number of rotatable bonds is 3. The first kappa shape index (κ1) is 11.8. The summed E-state index contributed by atoms with van der Waals surface area (Å²) in [5, 5.41) is 8.43. The largest absolute Gasteiger partial charge is 0.258 e. The predicted molar refractivity (Wildman–Crippen MR) is 61.2 cm³/mol. The van der Waals surface area contributed by atoms with Crippen LogP contribution in [0.2, 0.25) is 0 Å². The van der Waals surface area contributed by atoms with Crippen molar-refractivity contribution in [2.45, 2.75) is 6.92 Å². The van der Waals surface area contributed by atoms with Crippen LogP contribution in [0, 0.1) is 24.1 Å². The summed E-state index contributed by atoms with van der Waals surface area (Å²) in [6.45, 7) is 8.65. The van der Waals surface area contributed by atoms with Gasteiger partial charge < -0.3 is 0 Å². The third kappa shape index (κ3) is 2.85. The van der Waals surface area contributed by atoms with Gasteiger partial charge in [-0.15, -0.1) is 0 Å². The molecule has 0 saturated carbocycles. The molecule has 0 aromatic carbocycles. The van der Waals surface area contributed by atoms with Crippen LogP contribution < -0.4 is 0 Å². The second-order valence-corrected chi connectivity index (χ2v) is 3.13. The Morgan fingerprint density at radius 1 is 1.62 bits per heavy atom. The van der Waals surface area contributed by atoms with Crippen LogP contribution >= 0.6 is 0 Å². The van der Waals surface area contributed by atoms with E-state index in [-0.39, 0.29) is 5.70 Å². The molecule has 0 radical (unpaired) electrons. The molecule has 4 heteroatoms. The Morgan fingerprint density at radius 3 is 2.88 bits per heavy atom. The van der Waals surface area contributed by atoms with Gasteiger partial charge >= 0.3 is 0 Å². The highest BCUT2D eigenvalue weighted by Gasteiger charge is 2.02. The van der Waals surface area contributed by atoms with E-state index in [0.717, 1.165) is 0 Å². The number of halogens is 1. The Kier molecular flexibility index (Phi) is 3.67. The highest BCUT2D eigenvalue weighted by atomic mass is 19.1. The molecule has 0 aliphatic heterocycles. The average molecular weight is 215 g/mol. The Morgan fingerprint density at radius 2 is 2.31 bits per heavy atom. The number of pyridine rings is 1. The van der Waals surface area contributed by atoms with Crippen molar-refractivity contribution >= 4 is 11.8 Å². The van der Waals surface area contributed by atoms with Crippen molar-refractivity contribution in [1.82, 2.24) is 4.98 Å². The minimum Gasteiger partial charge on any atom is -0.258 e. The van der Waals surface area contributed by atoms with Gasteiger partial charge in [-0.2, -0.15) is 5.26 Å². The van der Waals surface area contributed by atoms with Crippen LogP contribution in [0.3, 0.4) is 0 Å². The molecule has 0 amide bonds. The third-order valence-electron chi connectivity index (χ3n) is 1.90. The molecular formula is C12H10FN3. The fourth-order valence-electron chi connectivity index (χ4n) is 0.941. The van der Waals surface area contributed by atoms with Gasteiger partial charge in [-0.05, 0) is 18.6 Å². The summed E-state index contributed by atoms with van der Waals surface area (Å²) in [7, 11) is 0. The van der Waals surface area contributed by atoms with E-state index in [9.17, 15) is 4.39 Å². The lowest BCUT2D eigenvalue weighted by Crippen LogP contribution is -1.92. The maximum atomic E-state index is 13.2. The van der Waals surface area contributed by atoms with Crippen LogP contribution in [-0.4, -0.2) is 11.2 Å². The Labute approximate surface area is 93.3 Å². The molecule has 3 nitrogen and oxygen atoms in total. The smallest absolute Gasteiger partial charge is 0.145 e. The zero-order chi connectivity index (χ0) is 12.1. The molecule has 0 aliphatic rings. The number of allylic oxidation sites excluding steroid dienone is 2. The minimum absolute atomic E-state index is 0.0710. The Hall–Kier alpha value is -2.28. The zero-order valence-corrected chi connectivity index (χ0v) is 8.87. The minimum atomic E-state index is -0.397. The van der Waals surface area contributed by atoms with Crippen molar-refractivity contribution in [3.63, 3.8) is 0 Å². The number of hydrogen-bond acceptors (Lipinski definition) is 3. The number of aliphatic imine (C=N–C) groups is 1. The zero-order valence-electron chi connectivity index (χ0n) is 8.87. The molecule has 0 bridgehead atoms. The highest BCUT2D eigenvalue weighted by molar-refractivity contribution is 6.09. The van der Waals surface area contributed by atoms with E-state index in [4.69, 9.17) is 5.26 Å². The molecule has 1 rings (SSSR count). The summed E-state index contributed by atoms with van der Waals surface area (Å²) >= 11 is 0. The Balaban J connectivity index is 2.90. The molecule has 0 atom stereocenters. The van der Waals surface area contributed by atoms with Crippen LogP contribution in [0.5, 0.6) is 0 Å². The quantitative estimate of drug-likeness (QED) is 0.574. The lowest BCUT2D eigenvalue weighted by Gasteiger charge is -2.01. The summed E-state index contributed by atoms with van der Waals surface area (Å²) in [6.07, 6.45) is 2.86. The number of nitrogens with zero attached hydrogens (tertiary/aromatic N) is 3. The van der Waals surface area contributed by atoms with Gasteiger partial charge in [0.15, 0.2) is 0 Å². The second-order valence-electron chi connectivity index (χ2n) is 3.13. The third-order valence-corrected chi connectivity index (χ3v) is 1.90. The summed E-state index contributed by atoms with van der Waals surface area (Å²) in [4.78, 5) is 7.60. The van der Waals surface area contributed by atoms with Crippen molar-refractivity contribution in [3.8, 4) is 6.07 Å². The number of aromatic nitrogens is 1. The molecule has 1 aromatic rings. The van der Waals surface area contributed by atoms with Crippen LogP contribution in [0.4, 0.5) is 4.39 Å². The molecular weight excluding hydrogens is 205 g/mol. The average Bonchev–Trinajstić information content (AvgIpc) is 2.29. The lowest BCUT2D eigenvalue weighted by atomic mass is 10.1. The molecule has 16 heavy (non-hydrogen) atoms. The fourth-order valence-corrected chi connectivity index (χ4v) is 0.941. The number of nitriles is 1. The molecule has 1 aromatic heterocycles. The van der Waals surface area contributed by atoms with Gasteiger partial charge in [-0.3, -0.25) is 4.98 Å². The van der Waals surface area contributed by atoms with Crippen molar-refractivity contribution in [2.24, 2.45) is 4.99 Å². The van der Waals surface area contributed by atoms with Gasteiger partial charge in [0.25, 0.3) is 0 Å². The van der Waals surface area contributed by atoms with Crippen molar-refractivity contribution < 1.29 is 4.39 Å². The first-order chi connectivity index (χ1) is 7.54. The van der Waals surface area contributed by atoms with E-state index in [1.165, 1.54) is 18.5 Å². The molecule has 0 N–H and O–H groups in total. The normalized spacial score (nSPS) is 10.1. The first-order valence-corrected chi connectivity index (χ1v) is 4.49. The molecule has 1 heterocycles. The van der Waals surface area contributed by atoms with Gasteiger partial charge in [0.05, 0.1) is 5.69 Å². The topological polar surface area (TPSA) is 49.0 Å². The van der Waals surface area contributed by atoms with Crippen molar-refractivity contribution in [1.29, 1.82) is 5.26 Å². The van der Waals surface area contributed by atoms with Gasteiger partial charge in [0.2, 0.25) is 0 Å². The number of hydrogen-bond donors (Lipinski definition) is 0. The van der Waals surface area contributed by atoms with E-state index in [2.05, 4.69) is 23.1 Å². The van der Waals surface area contributed by atoms with Crippen molar-refractivity contribution in [2.75, 3.05) is 0 Å². The van der Waals surface area contributed by atoms with E-state index in [0.29, 0.717) is 16.8 Å². The lowest BCUT2D eigenvalue weighted by molar-refractivity contribution is 0.609. The highest BCUT2D eigenvalue weighted by Crippen LogP contribution is 2.12. The molecule has 0 saturated heterocycles. The molecule has 0 fully saturated rings. The van der Waals surface area contributed by atoms with E-state index >= 15 is 0 Å².